The van der Waals surface area contributed by atoms with E-state index in [0.29, 0.717) is 29.3 Å². The van der Waals surface area contributed by atoms with Crippen molar-refractivity contribution in [1.82, 2.24) is 29.4 Å². The van der Waals surface area contributed by atoms with Crippen molar-refractivity contribution in [3.05, 3.63) is 36.4 Å². The maximum absolute atomic E-state index is 11.6. The smallest absolute Gasteiger partial charge is 0.223 e. The SMILES string of the molecule is COc1cccc2c1nc(N)n1nc([C@@H]3CCCN(c4cnn(CS(C)(=O)=O)c4)C3)nc21. The number of ether oxygens (including phenoxy) is 1. The van der Waals surface area contributed by atoms with Gasteiger partial charge >= 0.3 is 0 Å². The fourth-order valence-corrected chi connectivity index (χ4v) is 4.85. The van der Waals surface area contributed by atoms with Gasteiger partial charge in [0.1, 0.15) is 17.1 Å². The lowest BCUT2D eigenvalue weighted by Crippen LogP contribution is -2.34. The number of aromatic nitrogens is 6. The highest BCUT2D eigenvalue weighted by molar-refractivity contribution is 7.89. The van der Waals surface area contributed by atoms with Crippen molar-refractivity contribution in [2.75, 3.05) is 37.1 Å². The van der Waals surface area contributed by atoms with Crippen LogP contribution >= 0.6 is 0 Å². The first-order valence-corrected chi connectivity index (χ1v) is 12.3. The summed E-state index contributed by atoms with van der Waals surface area (Å²) < 4.78 is 31.6. The lowest BCUT2D eigenvalue weighted by molar-refractivity contribution is 0.419. The Kier molecular flexibility index (Phi) is 4.88. The normalized spacial score (nSPS) is 17.3. The Balaban J connectivity index is 1.46. The van der Waals surface area contributed by atoms with Crippen LogP contribution < -0.4 is 15.4 Å². The van der Waals surface area contributed by atoms with Crippen LogP contribution in [0.25, 0.3) is 16.6 Å². The zero-order valence-electron chi connectivity index (χ0n) is 17.8. The summed E-state index contributed by atoms with van der Waals surface area (Å²) in [7, 11) is -1.56. The van der Waals surface area contributed by atoms with Gasteiger partial charge in [-0.25, -0.2) is 18.4 Å². The zero-order chi connectivity index (χ0) is 22.5. The second kappa shape index (κ2) is 7.62. The van der Waals surface area contributed by atoms with E-state index >= 15 is 0 Å². The van der Waals surface area contributed by atoms with Crippen molar-refractivity contribution in [2.24, 2.45) is 0 Å². The van der Waals surface area contributed by atoms with Gasteiger partial charge in [-0.15, -0.1) is 5.10 Å². The number of para-hydroxylation sites is 1. The van der Waals surface area contributed by atoms with Gasteiger partial charge in [-0.3, -0.25) is 4.68 Å². The number of fused-ring (bicyclic) bond motifs is 3. The molecule has 1 saturated heterocycles. The first-order valence-electron chi connectivity index (χ1n) is 10.3. The number of anilines is 2. The first-order chi connectivity index (χ1) is 15.3. The summed E-state index contributed by atoms with van der Waals surface area (Å²) in [5.74, 6) is 1.56. The zero-order valence-corrected chi connectivity index (χ0v) is 18.7. The topological polar surface area (TPSA) is 134 Å². The maximum atomic E-state index is 11.6. The van der Waals surface area contributed by atoms with Crippen LogP contribution in [-0.4, -0.2) is 64.2 Å². The van der Waals surface area contributed by atoms with Gasteiger partial charge in [0.2, 0.25) is 5.95 Å². The molecule has 32 heavy (non-hydrogen) atoms. The summed E-state index contributed by atoms with van der Waals surface area (Å²) >= 11 is 0. The van der Waals surface area contributed by atoms with Gasteiger partial charge in [0.25, 0.3) is 0 Å². The van der Waals surface area contributed by atoms with E-state index in [1.807, 2.05) is 18.2 Å². The molecule has 0 saturated carbocycles. The van der Waals surface area contributed by atoms with Gasteiger partial charge in [0.15, 0.2) is 21.3 Å². The number of nitrogen functional groups attached to an aromatic ring is 1. The minimum atomic E-state index is -3.16. The van der Waals surface area contributed by atoms with E-state index in [-0.39, 0.29) is 17.7 Å². The average molecular weight is 457 g/mol. The molecule has 0 radical (unpaired) electrons. The Morgan fingerprint density at radius 1 is 1.28 bits per heavy atom. The molecule has 0 spiro atoms. The van der Waals surface area contributed by atoms with Crippen molar-refractivity contribution in [1.29, 1.82) is 0 Å². The number of hydrogen-bond donors (Lipinski definition) is 1. The molecule has 1 aliphatic rings. The van der Waals surface area contributed by atoms with Crippen molar-refractivity contribution in [3.8, 4) is 5.75 Å². The van der Waals surface area contributed by atoms with E-state index in [0.717, 1.165) is 30.5 Å². The predicted molar refractivity (Wildman–Crippen MR) is 121 cm³/mol. The molecular formula is C20H24N8O3S. The minimum Gasteiger partial charge on any atom is -0.494 e. The van der Waals surface area contributed by atoms with Crippen LogP contribution in [0.5, 0.6) is 5.75 Å². The molecule has 1 atom stereocenters. The highest BCUT2D eigenvalue weighted by Gasteiger charge is 2.27. The third kappa shape index (κ3) is 3.70. The summed E-state index contributed by atoms with van der Waals surface area (Å²) in [6, 6.07) is 5.66. The molecule has 2 N–H and O–H groups in total. The highest BCUT2D eigenvalue weighted by Crippen LogP contribution is 2.31. The molecule has 1 aliphatic heterocycles. The van der Waals surface area contributed by atoms with Gasteiger partial charge in [-0.05, 0) is 25.0 Å². The summed E-state index contributed by atoms with van der Waals surface area (Å²) in [5, 5.41) is 9.69. The number of hydrogen-bond acceptors (Lipinski definition) is 9. The molecule has 1 fully saturated rings. The number of sulfone groups is 1. The van der Waals surface area contributed by atoms with Crippen LogP contribution in [0.3, 0.4) is 0 Å². The van der Waals surface area contributed by atoms with Crippen molar-refractivity contribution in [3.63, 3.8) is 0 Å². The molecule has 4 aromatic rings. The van der Waals surface area contributed by atoms with E-state index in [1.165, 1.54) is 10.9 Å². The van der Waals surface area contributed by atoms with Gasteiger partial charge < -0.3 is 15.4 Å². The summed E-state index contributed by atoms with van der Waals surface area (Å²) in [4.78, 5) is 11.5. The first kappa shape index (κ1) is 20.5. The third-order valence-corrected chi connectivity index (χ3v) is 6.40. The maximum Gasteiger partial charge on any atom is 0.223 e. The largest absolute Gasteiger partial charge is 0.494 e. The summed E-state index contributed by atoms with van der Waals surface area (Å²) in [6.45, 7) is 1.56. The van der Waals surface area contributed by atoms with Crippen LogP contribution in [0, 0.1) is 0 Å². The lowest BCUT2D eigenvalue weighted by atomic mass is 9.97. The Labute approximate surface area is 184 Å². The van der Waals surface area contributed by atoms with Crippen LogP contribution in [0.15, 0.2) is 30.6 Å². The predicted octanol–water partition coefficient (Wildman–Crippen LogP) is 1.45. The molecule has 1 aromatic carbocycles. The van der Waals surface area contributed by atoms with Crippen LogP contribution in [0.4, 0.5) is 11.6 Å². The van der Waals surface area contributed by atoms with Crippen molar-refractivity contribution < 1.29 is 13.2 Å². The molecule has 12 heteroatoms. The number of methoxy groups -OCH3 is 1. The highest BCUT2D eigenvalue weighted by atomic mass is 32.2. The number of benzene rings is 1. The Morgan fingerprint density at radius 2 is 2.12 bits per heavy atom. The number of piperidine rings is 1. The average Bonchev–Trinajstić information content (AvgIpc) is 3.40. The number of nitrogens with two attached hydrogens (primary N) is 1. The molecule has 0 aliphatic carbocycles. The van der Waals surface area contributed by atoms with E-state index in [2.05, 4.69) is 20.1 Å². The number of nitrogens with zero attached hydrogens (tertiary/aromatic N) is 7. The van der Waals surface area contributed by atoms with Crippen molar-refractivity contribution in [2.45, 2.75) is 24.6 Å². The fourth-order valence-electron chi connectivity index (χ4n) is 4.23. The second-order valence-electron chi connectivity index (χ2n) is 8.11. The lowest BCUT2D eigenvalue weighted by Gasteiger charge is -2.32. The standard InChI is InChI=1S/C20H24N8O3S/c1-31-16-7-3-6-15-17(16)23-20(21)28-19(15)24-18(25-28)13-5-4-8-26(10-13)14-9-22-27(11-14)12-32(2,29)30/h3,6-7,9,11,13H,4-5,8,10,12H2,1-2H3,(H2,21,23)/t13-/m1/s1. The molecule has 168 valence electrons. The molecule has 4 heterocycles. The molecule has 5 rings (SSSR count). The van der Waals surface area contributed by atoms with Gasteiger partial charge in [-0.2, -0.15) is 9.61 Å². The van der Waals surface area contributed by atoms with Gasteiger partial charge in [0.05, 0.1) is 19.0 Å². The summed E-state index contributed by atoms with van der Waals surface area (Å²) in [6.07, 6.45) is 6.56. The molecule has 0 unspecified atom stereocenters. The van der Waals surface area contributed by atoms with Crippen LogP contribution in [-0.2, 0) is 15.7 Å². The third-order valence-electron chi connectivity index (χ3n) is 5.66. The van der Waals surface area contributed by atoms with E-state index in [1.54, 1.807) is 24.0 Å². The Bertz CT molecular complexity index is 1410. The molecule has 3 aromatic heterocycles. The quantitative estimate of drug-likeness (QED) is 0.473. The fraction of sp³-hybridized carbons (Fsp3) is 0.400. The molecule has 0 amide bonds. The summed E-state index contributed by atoms with van der Waals surface area (Å²) in [5.41, 5.74) is 8.38. The van der Waals surface area contributed by atoms with E-state index in [9.17, 15) is 8.42 Å². The number of rotatable bonds is 5. The van der Waals surface area contributed by atoms with Gasteiger partial charge in [0, 0.05) is 36.8 Å². The molecule has 0 bridgehead atoms. The Morgan fingerprint density at radius 3 is 2.91 bits per heavy atom. The van der Waals surface area contributed by atoms with Crippen LogP contribution in [0.1, 0.15) is 24.6 Å². The van der Waals surface area contributed by atoms with E-state index < -0.39 is 9.84 Å². The Hall–Kier alpha value is -3.41. The monoisotopic (exact) mass is 456 g/mol. The van der Waals surface area contributed by atoms with Crippen molar-refractivity contribution >= 4 is 38.0 Å². The molecular weight excluding hydrogens is 432 g/mol. The van der Waals surface area contributed by atoms with E-state index in [4.69, 9.17) is 15.5 Å². The second-order valence-corrected chi connectivity index (χ2v) is 10.2. The van der Waals surface area contributed by atoms with Crippen LogP contribution in [0.2, 0.25) is 0 Å². The molecule has 11 nitrogen and oxygen atoms in total. The minimum absolute atomic E-state index is 0.0990. The van der Waals surface area contributed by atoms with Gasteiger partial charge in [-0.1, -0.05) is 6.07 Å².